The Morgan fingerprint density at radius 2 is 1.94 bits per heavy atom. The molecule has 1 saturated heterocycles. The maximum atomic E-state index is 5.70. The van der Waals surface area contributed by atoms with Gasteiger partial charge in [0.05, 0.1) is 6.10 Å². The van der Waals surface area contributed by atoms with Crippen LogP contribution in [0.1, 0.15) is 39.0 Å². The zero-order valence-electron chi connectivity index (χ0n) is 10.7. The average molecular weight is 226 g/mol. The van der Waals surface area contributed by atoms with Crippen LogP contribution in [-0.4, -0.2) is 49.8 Å². The van der Waals surface area contributed by atoms with Crippen molar-refractivity contribution in [2.45, 2.75) is 57.2 Å². The number of ether oxygens (including phenoxy) is 1. The number of rotatable bonds is 4. The van der Waals surface area contributed by atoms with Gasteiger partial charge in [0.15, 0.2) is 0 Å². The number of piperidine rings is 1. The summed E-state index contributed by atoms with van der Waals surface area (Å²) < 4.78 is 5.70. The Bertz CT molecular complexity index is 202. The Kier molecular flexibility index (Phi) is 4.62. The van der Waals surface area contributed by atoms with Crippen LogP contribution < -0.4 is 5.32 Å². The molecule has 1 aliphatic carbocycles. The molecule has 2 rings (SSSR count). The van der Waals surface area contributed by atoms with Gasteiger partial charge in [0, 0.05) is 31.8 Å². The van der Waals surface area contributed by atoms with Crippen molar-refractivity contribution in [2.75, 3.05) is 26.7 Å². The van der Waals surface area contributed by atoms with E-state index < -0.39 is 0 Å². The largest absolute Gasteiger partial charge is 0.378 e. The Morgan fingerprint density at radius 1 is 1.19 bits per heavy atom. The topological polar surface area (TPSA) is 24.5 Å². The molecule has 0 radical (unpaired) electrons. The Hall–Kier alpha value is -0.120. The second-order valence-corrected chi connectivity index (χ2v) is 5.14. The second-order valence-electron chi connectivity index (χ2n) is 5.14. The minimum absolute atomic E-state index is 0.530. The fourth-order valence-electron chi connectivity index (χ4n) is 3.19. The van der Waals surface area contributed by atoms with E-state index in [1.807, 2.05) is 0 Å². The lowest BCUT2D eigenvalue weighted by Gasteiger charge is -2.35. The normalized spacial score (nSPS) is 33.4. The number of likely N-dealkylation sites (tertiary alicyclic amines) is 1. The van der Waals surface area contributed by atoms with Crippen LogP contribution in [0.4, 0.5) is 0 Å². The number of hydrogen-bond donors (Lipinski definition) is 1. The fraction of sp³-hybridized carbons (Fsp3) is 1.00. The van der Waals surface area contributed by atoms with Gasteiger partial charge in [0.2, 0.25) is 0 Å². The molecule has 94 valence electrons. The minimum atomic E-state index is 0.530. The highest BCUT2D eigenvalue weighted by molar-refractivity contribution is 4.88. The molecular formula is C13H26N2O. The third-order valence-electron chi connectivity index (χ3n) is 4.21. The van der Waals surface area contributed by atoms with Crippen LogP contribution in [0.15, 0.2) is 0 Å². The SMILES string of the molecule is CCOC1CCN(C2CCC(NC)C2)CC1. The Labute approximate surface area is 99.5 Å². The minimum Gasteiger partial charge on any atom is -0.378 e. The molecule has 2 fully saturated rings. The molecule has 3 heteroatoms. The highest BCUT2D eigenvalue weighted by Gasteiger charge is 2.30. The van der Waals surface area contributed by atoms with Crippen molar-refractivity contribution < 1.29 is 4.74 Å². The number of hydrogen-bond acceptors (Lipinski definition) is 3. The molecule has 1 N–H and O–H groups in total. The lowest BCUT2D eigenvalue weighted by molar-refractivity contribution is 0.00447. The van der Waals surface area contributed by atoms with E-state index in [1.54, 1.807) is 0 Å². The molecule has 1 heterocycles. The molecule has 2 unspecified atom stereocenters. The first-order valence-corrected chi connectivity index (χ1v) is 6.86. The maximum Gasteiger partial charge on any atom is 0.0599 e. The van der Waals surface area contributed by atoms with Crippen LogP contribution in [-0.2, 0) is 4.74 Å². The van der Waals surface area contributed by atoms with Gasteiger partial charge < -0.3 is 15.0 Å². The zero-order valence-corrected chi connectivity index (χ0v) is 10.7. The summed E-state index contributed by atoms with van der Waals surface area (Å²) in [4.78, 5) is 2.69. The monoisotopic (exact) mass is 226 g/mol. The van der Waals surface area contributed by atoms with Crippen molar-refractivity contribution in [3.05, 3.63) is 0 Å². The van der Waals surface area contributed by atoms with Crippen molar-refractivity contribution in [1.29, 1.82) is 0 Å². The molecule has 0 spiro atoms. The maximum absolute atomic E-state index is 5.70. The molecule has 0 bridgehead atoms. The molecule has 0 amide bonds. The van der Waals surface area contributed by atoms with Crippen LogP contribution in [0.2, 0.25) is 0 Å². The van der Waals surface area contributed by atoms with Crippen molar-refractivity contribution in [2.24, 2.45) is 0 Å². The van der Waals surface area contributed by atoms with Gasteiger partial charge in [-0.05, 0) is 46.1 Å². The van der Waals surface area contributed by atoms with Gasteiger partial charge in [0.1, 0.15) is 0 Å². The van der Waals surface area contributed by atoms with Gasteiger partial charge in [0.25, 0.3) is 0 Å². The van der Waals surface area contributed by atoms with Gasteiger partial charge in [-0.3, -0.25) is 0 Å². The van der Waals surface area contributed by atoms with E-state index in [-0.39, 0.29) is 0 Å². The van der Waals surface area contributed by atoms with E-state index in [9.17, 15) is 0 Å². The van der Waals surface area contributed by atoms with E-state index in [2.05, 4.69) is 24.2 Å². The number of nitrogens with zero attached hydrogens (tertiary/aromatic N) is 1. The van der Waals surface area contributed by atoms with E-state index >= 15 is 0 Å². The summed E-state index contributed by atoms with van der Waals surface area (Å²) in [5.74, 6) is 0. The summed E-state index contributed by atoms with van der Waals surface area (Å²) in [6, 6.07) is 1.59. The van der Waals surface area contributed by atoms with E-state index in [4.69, 9.17) is 4.74 Å². The third-order valence-corrected chi connectivity index (χ3v) is 4.21. The van der Waals surface area contributed by atoms with E-state index in [0.29, 0.717) is 6.10 Å². The van der Waals surface area contributed by atoms with Gasteiger partial charge in [-0.25, -0.2) is 0 Å². The average Bonchev–Trinajstić information content (AvgIpc) is 2.79. The van der Waals surface area contributed by atoms with Crippen molar-refractivity contribution >= 4 is 0 Å². The summed E-state index contributed by atoms with van der Waals surface area (Å²) in [7, 11) is 2.09. The molecule has 2 atom stereocenters. The van der Waals surface area contributed by atoms with E-state index in [1.165, 1.54) is 45.2 Å². The van der Waals surface area contributed by atoms with Crippen LogP contribution in [0.25, 0.3) is 0 Å². The first kappa shape index (κ1) is 12.3. The molecule has 0 aromatic heterocycles. The molecule has 0 aromatic rings. The van der Waals surface area contributed by atoms with Gasteiger partial charge in [-0.1, -0.05) is 0 Å². The molecule has 0 aromatic carbocycles. The molecule has 1 aliphatic heterocycles. The van der Waals surface area contributed by atoms with Gasteiger partial charge in [-0.15, -0.1) is 0 Å². The van der Waals surface area contributed by atoms with Crippen LogP contribution in [0, 0.1) is 0 Å². The summed E-state index contributed by atoms with van der Waals surface area (Å²) in [5, 5.41) is 3.41. The third kappa shape index (κ3) is 2.96. The van der Waals surface area contributed by atoms with Crippen LogP contribution in [0.5, 0.6) is 0 Å². The summed E-state index contributed by atoms with van der Waals surface area (Å²) >= 11 is 0. The van der Waals surface area contributed by atoms with Gasteiger partial charge >= 0.3 is 0 Å². The number of nitrogens with one attached hydrogen (secondary N) is 1. The van der Waals surface area contributed by atoms with Crippen molar-refractivity contribution in [3.8, 4) is 0 Å². The first-order valence-electron chi connectivity index (χ1n) is 6.86. The lowest BCUT2D eigenvalue weighted by Crippen LogP contribution is -2.43. The zero-order chi connectivity index (χ0) is 11.4. The van der Waals surface area contributed by atoms with Gasteiger partial charge in [-0.2, -0.15) is 0 Å². The first-order chi connectivity index (χ1) is 7.83. The fourth-order valence-corrected chi connectivity index (χ4v) is 3.19. The van der Waals surface area contributed by atoms with Crippen LogP contribution >= 0.6 is 0 Å². The highest BCUT2D eigenvalue weighted by atomic mass is 16.5. The Morgan fingerprint density at radius 3 is 2.50 bits per heavy atom. The standard InChI is InChI=1S/C13H26N2O/c1-3-16-13-6-8-15(9-7-13)12-5-4-11(10-12)14-2/h11-14H,3-10H2,1-2H3. The molecule has 1 saturated carbocycles. The molecule has 2 aliphatic rings. The van der Waals surface area contributed by atoms with Crippen molar-refractivity contribution in [1.82, 2.24) is 10.2 Å². The predicted octanol–water partition coefficient (Wildman–Crippen LogP) is 1.63. The molecule has 16 heavy (non-hydrogen) atoms. The lowest BCUT2D eigenvalue weighted by atomic mass is 10.0. The van der Waals surface area contributed by atoms with Crippen molar-refractivity contribution in [3.63, 3.8) is 0 Å². The summed E-state index contributed by atoms with van der Waals surface area (Å²) in [6.07, 6.45) is 7.07. The molecular weight excluding hydrogens is 200 g/mol. The summed E-state index contributed by atoms with van der Waals surface area (Å²) in [5.41, 5.74) is 0. The second kappa shape index (κ2) is 5.99. The smallest absolute Gasteiger partial charge is 0.0599 e. The van der Waals surface area contributed by atoms with E-state index in [0.717, 1.165) is 18.7 Å². The Balaban J connectivity index is 1.72. The highest BCUT2D eigenvalue weighted by Crippen LogP contribution is 2.27. The summed E-state index contributed by atoms with van der Waals surface area (Å²) in [6.45, 7) is 5.45. The predicted molar refractivity (Wildman–Crippen MR) is 66.7 cm³/mol. The molecule has 3 nitrogen and oxygen atoms in total. The van der Waals surface area contributed by atoms with Crippen LogP contribution in [0.3, 0.4) is 0 Å². The quantitative estimate of drug-likeness (QED) is 0.788.